The summed E-state index contributed by atoms with van der Waals surface area (Å²) in [5.74, 6) is 1.82. The van der Waals surface area contributed by atoms with Gasteiger partial charge in [-0.15, -0.1) is 0 Å². The SMILES string of the molecule is CC[C@@H](CO)NCc1cc(Cl)c(OCc2cccc(-c3cccc(OCCCN4CCC(O)CC4)c3)c2Br)cc1OCC1=CC(=N)/C(=N\O)C=C1. The fourth-order valence-corrected chi connectivity index (χ4v) is 6.77. The van der Waals surface area contributed by atoms with E-state index in [9.17, 15) is 10.2 Å². The highest BCUT2D eigenvalue weighted by atomic mass is 79.9. The molecule has 1 saturated heterocycles. The van der Waals surface area contributed by atoms with E-state index >= 15 is 0 Å². The average molecular weight is 782 g/mol. The Morgan fingerprint density at radius 1 is 1.02 bits per heavy atom. The molecule has 272 valence electrons. The van der Waals surface area contributed by atoms with Crippen LogP contribution in [-0.4, -0.2) is 83.3 Å². The van der Waals surface area contributed by atoms with E-state index in [2.05, 4.69) is 43.4 Å². The molecule has 1 aliphatic heterocycles. The Labute approximate surface area is 313 Å². The topological polar surface area (TPSA) is 140 Å². The molecule has 3 aromatic carbocycles. The lowest BCUT2D eigenvalue weighted by Crippen LogP contribution is -2.36. The van der Waals surface area contributed by atoms with Crippen molar-refractivity contribution in [2.45, 2.75) is 57.9 Å². The number of benzene rings is 3. The van der Waals surface area contributed by atoms with Crippen LogP contribution in [0.15, 0.2) is 88.0 Å². The molecule has 5 N–H and O–H groups in total. The van der Waals surface area contributed by atoms with Crippen molar-refractivity contribution in [3.8, 4) is 28.4 Å². The Balaban J connectivity index is 1.26. The van der Waals surface area contributed by atoms with Crippen molar-refractivity contribution >= 4 is 39.0 Å². The number of allylic oxidation sites excluding steroid dienone is 2. The fourth-order valence-electron chi connectivity index (χ4n) is 5.92. The zero-order valence-corrected chi connectivity index (χ0v) is 31.1. The number of oxime groups is 1. The first-order valence-electron chi connectivity index (χ1n) is 17.3. The first-order chi connectivity index (χ1) is 24.8. The molecule has 10 nitrogen and oxygen atoms in total. The minimum Gasteiger partial charge on any atom is -0.494 e. The van der Waals surface area contributed by atoms with Crippen LogP contribution in [0.2, 0.25) is 5.02 Å². The number of likely N-dealkylation sites (tertiary alicyclic amines) is 1. The largest absolute Gasteiger partial charge is 0.494 e. The van der Waals surface area contributed by atoms with Gasteiger partial charge in [-0.2, -0.15) is 0 Å². The molecular weight excluding hydrogens is 736 g/mol. The average Bonchev–Trinajstić information content (AvgIpc) is 3.14. The maximum Gasteiger partial charge on any atom is 0.142 e. The lowest BCUT2D eigenvalue weighted by atomic mass is 10.0. The van der Waals surface area contributed by atoms with Crippen molar-refractivity contribution < 1.29 is 29.6 Å². The summed E-state index contributed by atoms with van der Waals surface area (Å²) in [5.41, 5.74) is 4.75. The van der Waals surface area contributed by atoms with Crippen LogP contribution in [0.4, 0.5) is 0 Å². The molecule has 2 aliphatic rings. The molecule has 1 fully saturated rings. The summed E-state index contributed by atoms with van der Waals surface area (Å²) < 4.78 is 19.5. The van der Waals surface area contributed by atoms with Gasteiger partial charge in [0.1, 0.15) is 36.2 Å². The number of ether oxygens (including phenoxy) is 3. The molecule has 0 spiro atoms. The Kier molecular flexibility index (Phi) is 14.5. The maximum atomic E-state index is 9.74. The quantitative estimate of drug-likeness (QED) is 0.0421. The number of rotatable bonds is 17. The van der Waals surface area contributed by atoms with Gasteiger partial charge in [-0.1, -0.05) is 60.1 Å². The lowest BCUT2D eigenvalue weighted by molar-refractivity contribution is 0.0800. The van der Waals surface area contributed by atoms with Crippen molar-refractivity contribution in [1.82, 2.24) is 10.2 Å². The Morgan fingerprint density at radius 3 is 2.55 bits per heavy atom. The van der Waals surface area contributed by atoms with Crippen LogP contribution in [0, 0.1) is 5.41 Å². The van der Waals surface area contributed by atoms with Crippen molar-refractivity contribution in [3.05, 3.63) is 99.0 Å². The van der Waals surface area contributed by atoms with Crippen LogP contribution in [0.3, 0.4) is 0 Å². The third-order valence-electron chi connectivity index (χ3n) is 9.02. The molecule has 5 rings (SSSR count). The van der Waals surface area contributed by atoms with E-state index < -0.39 is 0 Å². The van der Waals surface area contributed by atoms with Crippen LogP contribution in [0.5, 0.6) is 17.2 Å². The highest BCUT2D eigenvalue weighted by molar-refractivity contribution is 9.10. The molecule has 0 bridgehead atoms. The van der Waals surface area contributed by atoms with Crippen molar-refractivity contribution in [1.29, 1.82) is 5.41 Å². The third-order valence-corrected chi connectivity index (χ3v) is 10.3. The van der Waals surface area contributed by atoms with Gasteiger partial charge in [0, 0.05) is 53.9 Å². The number of piperidine rings is 1. The second kappa shape index (κ2) is 19.2. The molecule has 12 heteroatoms. The minimum atomic E-state index is -0.160. The Morgan fingerprint density at radius 2 is 1.80 bits per heavy atom. The van der Waals surface area contributed by atoms with Gasteiger partial charge in [-0.05, 0) is 88.7 Å². The minimum absolute atomic E-state index is 0.00725. The third kappa shape index (κ3) is 10.9. The molecule has 0 radical (unpaired) electrons. The number of aliphatic hydroxyl groups is 2. The summed E-state index contributed by atoms with van der Waals surface area (Å²) in [6.07, 6.45) is 8.10. The lowest BCUT2D eigenvalue weighted by Gasteiger charge is -2.29. The summed E-state index contributed by atoms with van der Waals surface area (Å²) in [7, 11) is 0. The van der Waals surface area contributed by atoms with Crippen LogP contribution < -0.4 is 19.5 Å². The van der Waals surface area contributed by atoms with Crippen molar-refractivity contribution in [3.63, 3.8) is 0 Å². The predicted molar refractivity (Wildman–Crippen MR) is 205 cm³/mol. The monoisotopic (exact) mass is 780 g/mol. The number of halogens is 2. The predicted octanol–water partition coefficient (Wildman–Crippen LogP) is 7.16. The Bertz CT molecular complexity index is 1740. The Hall–Kier alpha value is -3.71. The van der Waals surface area contributed by atoms with E-state index in [1.807, 2.05) is 37.3 Å². The molecule has 3 aromatic rings. The van der Waals surface area contributed by atoms with Crippen LogP contribution in [0.25, 0.3) is 11.1 Å². The summed E-state index contributed by atoms with van der Waals surface area (Å²) in [5, 5.41) is 43.5. The van der Waals surface area contributed by atoms with Gasteiger partial charge in [0.15, 0.2) is 0 Å². The van der Waals surface area contributed by atoms with Crippen molar-refractivity contribution in [2.75, 3.05) is 39.5 Å². The first-order valence-corrected chi connectivity index (χ1v) is 18.5. The van der Waals surface area contributed by atoms with Crippen LogP contribution in [-0.2, 0) is 13.2 Å². The summed E-state index contributed by atoms with van der Waals surface area (Å²) in [4.78, 5) is 2.38. The molecule has 0 saturated carbocycles. The zero-order valence-electron chi connectivity index (χ0n) is 28.8. The van der Waals surface area contributed by atoms with E-state index in [-0.39, 0.29) is 43.4 Å². The number of hydrogen-bond donors (Lipinski definition) is 5. The van der Waals surface area contributed by atoms with E-state index in [4.69, 9.17) is 36.4 Å². The van der Waals surface area contributed by atoms with Gasteiger partial charge < -0.3 is 39.8 Å². The molecule has 1 aliphatic carbocycles. The van der Waals surface area contributed by atoms with Gasteiger partial charge in [0.25, 0.3) is 0 Å². The van der Waals surface area contributed by atoms with Gasteiger partial charge in [0.2, 0.25) is 0 Å². The summed E-state index contributed by atoms with van der Waals surface area (Å²) in [6, 6.07) is 17.6. The van der Waals surface area contributed by atoms with Gasteiger partial charge in [-0.3, -0.25) is 5.41 Å². The van der Waals surface area contributed by atoms with Crippen LogP contribution in [0.1, 0.15) is 43.7 Å². The highest BCUT2D eigenvalue weighted by Crippen LogP contribution is 2.37. The maximum absolute atomic E-state index is 9.74. The molecule has 0 amide bonds. The molecular formula is C39H46BrClN4O6. The standard InChI is InChI=1S/C39H46BrClN4O6/c1-2-30(23-46)43-22-29-20-34(41)38(21-37(29)50-24-26-10-11-36(44-48)35(42)18-26)51-25-28-7-4-9-33(39(28)40)27-6-3-8-32(19-27)49-17-5-14-45-15-12-31(47)13-16-45/h3-4,6-11,18-21,30-31,42-43,46-48H,2,5,12-17,22-25H2,1H3/b42-35?,44-36-/t30-/m0/s1. The number of hydrogen-bond acceptors (Lipinski definition) is 10. The van der Waals surface area contributed by atoms with Gasteiger partial charge in [0.05, 0.1) is 30.1 Å². The molecule has 51 heavy (non-hydrogen) atoms. The zero-order chi connectivity index (χ0) is 36.2. The molecule has 1 heterocycles. The number of nitrogens with one attached hydrogen (secondary N) is 2. The normalized spacial score (nSPS) is 16.7. The number of nitrogens with zero attached hydrogens (tertiary/aromatic N) is 2. The second-order valence-electron chi connectivity index (χ2n) is 12.7. The summed E-state index contributed by atoms with van der Waals surface area (Å²) in [6.45, 7) is 6.29. The van der Waals surface area contributed by atoms with Gasteiger partial charge in [-0.25, -0.2) is 0 Å². The summed E-state index contributed by atoms with van der Waals surface area (Å²) >= 11 is 10.6. The fraction of sp³-hybridized carbons (Fsp3) is 0.385. The smallest absolute Gasteiger partial charge is 0.142 e. The first kappa shape index (κ1) is 38.5. The molecule has 1 atom stereocenters. The van der Waals surface area contributed by atoms with Gasteiger partial charge >= 0.3 is 0 Å². The number of aliphatic hydroxyl groups excluding tert-OH is 2. The van der Waals surface area contributed by atoms with Crippen LogP contribution >= 0.6 is 27.5 Å². The van der Waals surface area contributed by atoms with Crippen molar-refractivity contribution in [2.24, 2.45) is 5.16 Å². The highest BCUT2D eigenvalue weighted by Gasteiger charge is 2.18. The second-order valence-corrected chi connectivity index (χ2v) is 13.9. The van der Waals surface area contributed by atoms with E-state index in [1.165, 1.54) is 0 Å². The van der Waals surface area contributed by atoms with E-state index in [0.29, 0.717) is 29.7 Å². The van der Waals surface area contributed by atoms with E-state index in [1.54, 1.807) is 30.4 Å². The van der Waals surface area contributed by atoms with E-state index in [0.717, 1.165) is 83.4 Å². The molecule has 0 aromatic heterocycles. The molecule has 0 unspecified atom stereocenters.